The number of methoxy groups -OCH3 is 1. The van der Waals surface area contributed by atoms with Gasteiger partial charge >= 0.3 is 0 Å². The first kappa shape index (κ1) is 20.8. The molecule has 0 saturated carbocycles. The molecule has 7 heteroatoms. The Labute approximate surface area is 191 Å². The van der Waals surface area contributed by atoms with E-state index >= 15 is 0 Å². The number of ether oxygens (including phenoxy) is 2. The third kappa shape index (κ3) is 4.16. The zero-order valence-corrected chi connectivity index (χ0v) is 18.6. The van der Waals surface area contributed by atoms with Crippen molar-refractivity contribution in [2.24, 2.45) is 0 Å². The summed E-state index contributed by atoms with van der Waals surface area (Å²) in [4.78, 5) is 19.9. The van der Waals surface area contributed by atoms with E-state index in [0.29, 0.717) is 17.3 Å². The highest BCUT2D eigenvalue weighted by molar-refractivity contribution is 6.30. The number of halogens is 1. The van der Waals surface area contributed by atoms with E-state index < -0.39 is 0 Å². The Bertz CT molecular complexity index is 1250. The maximum absolute atomic E-state index is 12.9. The van der Waals surface area contributed by atoms with E-state index in [9.17, 15) is 4.79 Å². The van der Waals surface area contributed by atoms with Crippen LogP contribution in [0.5, 0.6) is 5.75 Å². The molecular weight excluding hydrogens is 426 g/mol. The molecule has 3 aromatic rings. The van der Waals surface area contributed by atoms with E-state index in [-0.39, 0.29) is 5.56 Å². The Hall–Kier alpha value is -3.09. The minimum atomic E-state index is -0.0620. The van der Waals surface area contributed by atoms with E-state index in [0.717, 1.165) is 66.4 Å². The smallest absolute Gasteiger partial charge is 0.251 e. The average Bonchev–Trinajstić information content (AvgIpc) is 3.24. The quantitative estimate of drug-likeness (QED) is 0.593. The number of benzene rings is 1. The van der Waals surface area contributed by atoms with Crippen molar-refractivity contribution in [3.8, 4) is 5.75 Å². The van der Waals surface area contributed by atoms with Crippen LogP contribution in [0.25, 0.3) is 5.57 Å². The van der Waals surface area contributed by atoms with Crippen molar-refractivity contribution in [1.82, 2.24) is 9.55 Å². The molecule has 0 spiro atoms. The second-order valence-electron chi connectivity index (χ2n) is 7.99. The average molecular weight is 450 g/mol. The summed E-state index contributed by atoms with van der Waals surface area (Å²) in [6.07, 6.45) is 6.71. The van der Waals surface area contributed by atoms with E-state index in [1.165, 1.54) is 0 Å². The Morgan fingerprint density at radius 2 is 2.00 bits per heavy atom. The molecule has 1 fully saturated rings. The summed E-state index contributed by atoms with van der Waals surface area (Å²) in [6, 6.07) is 11.4. The predicted octanol–water partition coefficient (Wildman–Crippen LogP) is 3.78. The first-order valence-electron chi connectivity index (χ1n) is 10.7. The van der Waals surface area contributed by atoms with Gasteiger partial charge in [0.25, 0.3) is 5.56 Å². The number of aromatic nitrogens is 2. The number of hydrogen-bond donors (Lipinski definition) is 0. The van der Waals surface area contributed by atoms with E-state index in [4.69, 9.17) is 21.1 Å². The SMILES string of the molecule is COc1cc(Cl)cc(Cn2ccc(C3=CCc4ncc(N5CCOCC5)cc43)cc2=O)c1. The monoisotopic (exact) mass is 449 g/mol. The lowest BCUT2D eigenvalue weighted by atomic mass is 10.0. The van der Waals surface area contributed by atoms with Crippen molar-refractivity contribution >= 4 is 22.9 Å². The van der Waals surface area contributed by atoms with Gasteiger partial charge in [0.15, 0.2) is 0 Å². The van der Waals surface area contributed by atoms with Gasteiger partial charge in [0.1, 0.15) is 5.75 Å². The molecule has 0 bridgehead atoms. The molecule has 164 valence electrons. The Balaban J connectivity index is 1.41. The normalized spacial score (nSPS) is 15.4. The molecule has 6 nitrogen and oxygen atoms in total. The standard InChI is InChI=1S/C25H24ClN3O3/c1-31-21-11-17(10-19(26)13-21)16-29-5-4-18(12-25(29)30)22-2-3-24-23(22)14-20(15-27-24)28-6-8-32-9-7-28/h2,4-5,10-15H,3,6-9,16H2,1H3. The molecule has 5 rings (SSSR count). The number of pyridine rings is 2. The highest BCUT2D eigenvalue weighted by Crippen LogP contribution is 2.33. The highest BCUT2D eigenvalue weighted by Gasteiger charge is 2.20. The zero-order valence-electron chi connectivity index (χ0n) is 17.9. The van der Waals surface area contributed by atoms with E-state index in [1.807, 2.05) is 30.6 Å². The fraction of sp³-hybridized carbons (Fsp3) is 0.280. The summed E-state index contributed by atoms with van der Waals surface area (Å²) in [5.41, 5.74) is 6.08. The third-order valence-electron chi connectivity index (χ3n) is 5.95. The van der Waals surface area contributed by atoms with Crippen molar-refractivity contribution in [1.29, 1.82) is 0 Å². The van der Waals surface area contributed by atoms with Crippen molar-refractivity contribution < 1.29 is 9.47 Å². The largest absolute Gasteiger partial charge is 0.497 e. The Morgan fingerprint density at radius 1 is 1.16 bits per heavy atom. The van der Waals surface area contributed by atoms with Gasteiger partial charge in [-0.3, -0.25) is 9.78 Å². The summed E-state index contributed by atoms with van der Waals surface area (Å²) >= 11 is 6.17. The van der Waals surface area contributed by atoms with Gasteiger partial charge in [-0.2, -0.15) is 0 Å². The van der Waals surface area contributed by atoms with Gasteiger partial charge in [-0.15, -0.1) is 0 Å². The lowest BCUT2D eigenvalue weighted by Crippen LogP contribution is -2.36. The van der Waals surface area contributed by atoms with Gasteiger partial charge < -0.3 is 18.9 Å². The van der Waals surface area contributed by atoms with Crippen LogP contribution in [-0.2, 0) is 17.7 Å². The van der Waals surface area contributed by atoms with Crippen LogP contribution in [0, 0.1) is 0 Å². The number of hydrogen-bond acceptors (Lipinski definition) is 5. The van der Waals surface area contributed by atoms with Crippen molar-refractivity contribution in [3.05, 3.63) is 92.6 Å². The van der Waals surface area contributed by atoms with Crippen LogP contribution in [-0.4, -0.2) is 43.0 Å². The minimum Gasteiger partial charge on any atom is -0.497 e. The van der Waals surface area contributed by atoms with Gasteiger partial charge in [0, 0.05) is 42.4 Å². The molecule has 0 radical (unpaired) electrons. The molecule has 1 aliphatic carbocycles. The third-order valence-corrected chi connectivity index (χ3v) is 6.17. The molecule has 1 aromatic carbocycles. The number of allylic oxidation sites excluding steroid dienone is 1. The van der Waals surface area contributed by atoms with Crippen LogP contribution in [0.2, 0.25) is 5.02 Å². The van der Waals surface area contributed by atoms with Crippen LogP contribution in [0.4, 0.5) is 5.69 Å². The van der Waals surface area contributed by atoms with Crippen LogP contribution in [0.1, 0.15) is 22.4 Å². The van der Waals surface area contributed by atoms with Crippen molar-refractivity contribution in [2.75, 3.05) is 38.3 Å². The summed E-state index contributed by atoms with van der Waals surface area (Å²) in [7, 11) is 1.60. The molecule has 2 aromatic heterocycles. The number of rotatable bonds is 5. The minimum absolute atomic E-state index is 0.0620. The lowest BCUT2D eigenvalue weighted by Gasteiger charge is -2.29. The molecule has 3 heterocycles. The maximum atomic E-state index is 12.9. The molecule has 0 unspecified atom stereocenters. The predicted molar refractivity (Wildman–Crippen MR) is 126 cm³/mol. The van der Waals surface area contributed by atoms with Gasteiger partial charge in [-0.25, -0.2) is 0 Å². The molecule has 1 saturated heterocycles. The number of morpholine rings is 1. The van der Waals surface area contributed by atoms with Gasteiger partial charge in [0.2, 0.25) is 0 Å². The topological polar surface area (TPSA) is 56.6 Å². The summed E-state index contributed by atoms with van der Waals surface area (Å²) in [6.45, 7) is 3.62. The van der Waals surface area contributed by atoms with Gasteiger partial charge in [-0.05, 0) is 47.0 Å². The molecule has 32 heavy (non-hydrogen) atoms. The fourth-order valence-corrected chi connectivity index (χ4v) is 4.53. The number of anilines is 1. The first-order valence-corrected chi connectivity index (χ1v) is 11.0. The first-order chi connectivity index (χ1) is 15.6. The Kier molecular flexibility index (Phi) is 5.72. The van der Waals surface area contributed by atoms with Crippen molar-refractivity contribution in [2.45, 2.75) is 13.0 Å². The molecule has 1 aliphatic heterocycles. The maximum Gasteiger partial charge on any atom is 0.251 e. The molecule has 0 atom stereocenters. The van der Waals surface area contributed by atoms with Crippen LogP contribution < -0.4 is 15.2 Å². The number of fused-ring (bicyclic) bond motifs is 1. The van der Waals surface area contributed by atoms with Crippen LogP contribution in [0.15, 0.2) is 59.7 Å². The molecule has 0 N–H and O–H groups in total. The molecular formula is C25H24ClN3O3. The summed E-state index contributed by atoms with van der Waals surface area (Å²) in [5, 5.41) is 0.584. The van der Waals surface area contributed by atoms with Crippen LogP contribution in [0.3, 0.4) is 0 Å². The fourth-order valence-electron chi connectivity index (χ4n) is 4.29. The lowest BCUT2D eigenvalue weighted by molar-refractivity contribution is 0.122. The molecule has 0 amide bonds. The van der Waals surface area contributed by atoms with Gasteiger partial charge in [-0.1, -0.05) is 17.7 Å². The second kappa shape index (κ2) is 8.81. The van der Waals surface area contributed by atoms with Crippen LogP contribution >= 0.6 is 11.6 Å². The second-order valence-corrected chi connectivity index (χ2v) is 8.43. The number of nitrogens with zero attached hydrogens (tertiary/aromatic N) is 3. The summed E-state index contributed by atoms with van der Waals surface area (Å²) in [5.74, 6) is 0.674. The van der Waals surface area contributed by atoms with Crippen molar-refractivity contribution in [3.63, 3.8) is 0 Å². The summed E-state index contributed by atoms with van der Waals surface area (Å²) < 4.78 is 12.4. The zero-order chi connectivity index (χ0) is 22.1. The van der Waals surface area contributed by atoms with Gasteiger partial charge in [0.05, 0.1) is 44.4 Å². The van der Waals surface area contributed by atoms with E-state index in [2.05, 4.69) is 22.0 Å². The van der Waals surface area contributed by atoms with E-state index in [1.54, 1.807) is 23.8 Å². The Morgan fingerprint density at radius 3 is 2.78 bits per heavy atom. The highest BCUT2D eigenvalue weighted by atomic mass is 35.5. The molecule has 2 aliphatic rings.